The lowest BCUT2D eigenvalue weighted by molar-refractivity contribution is 0.475. The van der Waals surface area contributed by atoms with Crippen molar-refractivity contribution >= 4 is 24.5 Å². The van der Waals surface area contributed by atoms with Crippen molar-refractivity contribution in [3.63, 3.8) is 0 Å². The Morgan fingerprint density at radius 1 is 1.40 bits per heavy atom. The highest BCUT2D eigenvalue weighted by atomic mass is 35.5. The molecule has 0 atom stereocenters. The van der Waals surface area contributed by atoms with Gasteiger partial charge < -0.3 is 10.1 Å². The second kappa shape index (κ2) is 2.95. The molecule has 0 saturated carbocycles. The van der Waals surface area contributed by atoms with Crippen molar-refractivity contribution in [3.05, 3.63) is 23.2 Å². The first-order valence-corrected chi connectivity index (χ1v) is 3.08. The summed E-state index contributed by atoms with van der Waals surface area (Å²) in [7, 11) is 0.891. The highest BCUT2D eigenvalue weighted by Gasteiger charge is 1.99. The van der Waals surface area contributed by atoms with Crippen LogP contribution in [0, 0.1) is 0 Å². The summed E-state index contributed by atoms with van der Waals surface area (Å²) in [5, 5.41) is 17.7. The van der Waals surface area contributed by atoms with Crippen molar-refractivity contribution in [1.29, 1.82) is 0 Å². The summed E-state index contributed by atoms with van der Waals surface area (Å²) in [6.45, 7) is 0. The third kappa shape index (κ3) is 1.43. The topological polar surface area (TPSA) is 40.5 Å². The van der Waals surface area contributed by atoms with Crippen molar-refractivity contribution in [2.75, 3.05) is 0 Å². The number of phenols is 1. The maximum absolute atomic E-state index is 8.85. The van der Waals surface area contributed by atoms with Gasteiger partial charge >= 0.3 is 7.48 Å². The maximum Gasteiger partial charge on any atom is 0.328 e. The highest BCUT2D eigenvalue weighted by molar-refractivity contribution is 6.52. The van der Waals surface area contributed by atoms with Crippen molar-refractivity contribution in [2.45, 2.75) is 0 Å². The Balaban J connectivity index is 3.07. The van der Waals surface area contributed by atoms with E-state index in [2.05, 4.69) is 0 Å². The monoisotopic (exact) mass is 155 g/mol. The zero-order valence-corrected chi connectivity index (χ0v) is 5.84. The first-order chi connectivity index (χ1) is 4.74. The van der Waals surface area contributed by atoms with Crippen LogP contribution in [-0.4, -0.2) is 17.6 Å². The summed E-state index contributed by atoms with van der Waals surface area (Å²) in [5.41, 5.74) is 0.500. The van der Waals surface area contributed by atoms with E-state index in [0.29, 0.717) is 10.5 Å². The van der Waals surface area contributed by atoms with E-state index in [4.69, 9.17) is 21.7 Å². The minimum absolute atomic E-state index is 0.0931. The molecule has 0 heterocycles. The predicted molar refractivity (Wildman–Crippen MR) is 40.7 cm³/mol. The Bertz CT molecular complexity index is 239. The Morgan fingerprint density at radius 3 is 2.60 bits per heavy atom. The van der Waals surface area contributed by atoms with Crippen LogP contribution in [0.2, 0.25) is 5.02 Å². The number of hydrogen-bond donors (Lipinski definition) is 2. The zero-order valence-electron chi connectivity index (χ0n) is 5.08. The summed E-state index contributed by atoms with van der Waals surface area (Å²) in [4.78, 5) is 0. The van der Waals surface area contributed by atoms with Gasteiger partial charge in [-0.15, -0.1) is 0 Å². The molecule has 0 spiro atoms. The first-order valence-electron chi connectivity index (χ1n) is 2.70. The number of benzene rings is 1. The third-order valence-electron chi connectivity index (χ3n) is 1.12. The van der Waals surface area contributed by atoms with E-state index in [1.54, 1.807) is 0 Å². The van der Waals surface area contributed by atoms with Gasteiger partial charge in [-0.1, -0.05) is 17.7 Å². The summed E-state index contributed by atoms with van der Waals surface area (Å²) in [6, 6.07) is 4.34. The van der Waals surface area contributed by atoms with Gasteiger partial charge in [0.25, 0.3) is 0 Å². The third-order valence-corrected chi connectivity index (χ3v) is 1.45. The van der Waals surface area contributed by atoms with Crippen LogP contribution >= 0.6 is 11.6 Å². The Labute approximate surface area is 64.3 Å². The second-order valence-electron chi connectivity index (χ2n) is 1.83. The molecule has 0 amide bonds. The van der Waals surface area contributed by atoms with Gasteiger partial charge in [0.1, 0.15) is 5.75 Å². The number of hydrogen-bond acceptors (Lipinski definition) is 2. The van der Waals surface area contributed by atoms with E-state index in [1.807, 2.05) is 0 Å². The van der Waals surface area contributed by atoms with E-state index in [9.17, 15) is 0 Å². The molecule has 10 heavy (non-hydrogen) atoms. The number of aromatic hydroxyl groups is 1. The average Bonchev–Trinajstić information content (AvgIpc) is 1.88. The minimum atomic E-state index is 0.0931. The average molecular weight is 155 g/mol. The smallest absolute Gasteiger partial charge is 0.328 e. The van der Waals surface area contributed by atoms with E-state index < -0.39 is 0 Å². The number of halogens is 1. The molecular weight excluding hydrogens is 150 g/mol. The molecule has 0 aliphatic heterocycles. The van der Waals surface area contributed by atoms with Gasteiger partial charge in [0.15, 0.2) is 0 Å². The molecule has 0 aliphatic rings. The van der Waals surface area contributed by atoms with E-state index >= 15 is 0 Å². The largest absolute Gasteiger partial charge is 0.508 e. The molecule has 4 heteroatoms. The first kappa shape index (κ1) is 7.44. The van der Waals surface area contributed by atoms with E-state index in [0.717, 1.165) is 7.48 Å². The van der Waals surface area contributed by atoms with Crippen molar-refractivity contribution < 1.29 is 10.1 Å². The summed E-state index contributed by atoms with van der Waals surface area (Å²) in [6.07, 6.45) is 0. The Morgan fingerprint density at radius 2 is 2.10 bits per heavy atom. The molecular formula is C6H5BClO2. The van der Waals surface area contributed by atoms with Gasteiger partial charge in [-0.05, 0) is 17.6 Å². The molecule has 1 rings (SSSR count). The van der Waals surface area contributed by atoms with E-state index in [1.165, 1.54) is 18.2 Å². The molecule has 0 bridgehead atoms. The molecule has 2 N–H and O–H groups in total. The zero-order chi connectivity index (χ0) is 7.56. The van der Waals surface area contributed by atoms with Crippen LogP contribution in [0.4, 0.5) is 0 Å². The molecule has 0 fully saturated rings. The van der Waals surface area contributed by atoms with Gasteiger partial charge in [0, 0.05) is 5.02 Å². The van der Waals surface area contributed by atoms with Crippen LogP contribution in [0.15, 0.2) is 18.2 Å². The summed E-state index contributed by atoms with van der Waals surface area (Å²) >= 11 is 5.58. The van der Waals surface area contributed by atoms with Gasteiger partial charge in [-0.3, -0.25) is 0 Å². The van der Waals surface area contributed by atoms with Crippen LogP contribution in [0.25, 0.3) is 0 Å². The molecule has 1 aromatic carbocycles. The van der Waals surface area contributed by atoms with Crippen LogP contribution in [0.3, 0.4) is 0 Å². The number of rotatable bonds is 1. The van der Waals surface area contributed by atoms with Crippen molar-refractivity contribution in [2.24, 2.45) is 0 Å². The molecule has 1 radical (unpaired) electrons. The maximum atomic E-state index is 8.85. The molecule has 0 aromatic heterocycles. The van der Waals surface area contributed by atoms with Crippen molar-refractivity contribution in [1.82, 2.24) is 0 Å². The second-order valence-corrected chi connectivity index (χ2v) is 2.24. The standard InChI is InChI=1S/C6H5BClO2/c8-6-3-4(9)1-2-5(6)7-10/h1-3,9-10H. The summed E-state index contributed by atoms with van der Waals surface area (Å²) < 4.78 is 0. The quantitative estimate of drug-likeness (QED) is 0.572. The fraction of sp³-hybridized carbons (Fsp3) is 0. The highest BCUT2D eigenvalue weighted by Crippen LogP contribution is 2.12. The molecule has 0 aliphatic carbocycles. The molecule has 0 saturated heterocycles. The van der Waals surface area contributed by atoms with E-state index in [-0.39, 0.29) is 5.75 Å². The predicted octanol–water partition coefficient (Wildman–Crippen LogP) is 0.282. The molecule has 0 unspecified atom stereocenters. The summed E-state index contributed by atoms with van der Waals surface area (Å²) in [5.74, 6) is 0.0931. The minimum Gasteiger partial charge on any atom is -0.508 e. The fourth-order valence-electron chi connectivity index (χ4n) is 0.621. The van der Waals surface area contributed by atoms with Crippen LogP contribution in [-0.2, 0) is 0 Å². The Hall–Kier alpha value is -0.665. The van der Waals surface area contributed by atoms with Gasteiger partial charge in [-0.25, -0.2) is 0 Å². The lowest BCUT2D eigenvalue weighted by Crippen LogP contribution is -2.13. The molecule has 2 nitrogen and oxygen atoms in total. The Kier molecular flexibility index (Phi) is 2.19. The molecule has 51 valence electrons. The van der Waals surface area contributed by atoms with Gasteiger partial charge in [-0.2, -0.15) is 0 Å². The van der Waals surface area contributed by atoms with Gasteiger partial charge in [0.05, 0.1) is 0 Å². The lowest BCUT2D eigenvalue weighted by atomic mass is 9.89. The fourth-order valence-corrected chi connectivity index (χ4v) is 0.844. The van der Waals surface area contributed by atoms with Gasteiger partial charge in [0.2, 0.25) is 0 Å². The molecule has 1 aromatic rings. The van der Waals surface area contributed by atoms with Crippen LogP contribution < -0.4 is 5.46 Å². The SMILES string of the molecule is O[B]c1ccc(O)cc1Cl. The van der Waals surface area contributed by atoms with Crippen molar-refractivity contribution in [3.8, 4) is 5.75 Å². The lowest BCUT2D eigenvalue weighted by Gasteiger charge is -1.97. The van der Waals surface area contributed by atoms with Crippen LogP contribution in [0.5, 0.6) is 5.75 Å². The van der Waals surface area contributed by atoms with Crippen LogP contribution in [0.1, 0.15) is 0 Å². The normalized spacial score (nSPS) is 9.40. The number of phenolic OH excluding ortho intramolecular Hbond substituents is 1.